The molecule has 0 aliphatic carbocycles. The van der Waals surface area contributed by atoms with Gasteiger partial charge >= 0.3 is 5.97 Å². The van der Waals surface area contributed by atoms with Gasteiger partial charge in [0.05, 0.1) is 18.6 Å². The van der Waals surface area contributed by atoms with Crippen molar-refractivity contribution in [1.82, 2.24) is 0 Å². The average Bonchev–Trinajstić information content (AvgIpc) is 2.61. The molecule has 0 aliphatic rings. The van der Waals surface area contributed by atoms with Crippen molar-refractivity contribution in [3.63, 3.8) is 0 Å². The summed E-state index contributed by atoms with van der Waals surface area (Å²) < 4.78 is 35.8. The van der Waals surface area contributed by atoms with E-state index >= 15 is 0 Å². The summed E-state index contributed by atoms with van der Waals surface area (Å²) in [7, 11) is -2.26. The number of rotatable bonds is 12. The third kappa shape index (κ3) is 6.69. The second kappa shape index (κ2) is 11.1. The van der Waals surface area contributed by atoms with Crippen LogP contribution in [0.4, 0.5) is 0 Å². The molecule has 5 nitrogen and oxygen atoms in total. The van der Waals surface area contributed by atoms with E-state index in [9.17, 15) is 13.2 Å². The highest BCUT2D eigenvalue weighted by Gasteiger charge is 2.34. The highest BCUT2D eigenvalue weighted by Crippen LogP contribution is 2.24. The van der Waals surface area contributed by atoms with Gasteiger partial charge in [0.2, 0.25) is 0 Å². The van der Waals surface area contributed by atoms with Gasteiger partial charge < -0.3 is 9.47 Å². The van der Waals surface area contributed by atoms with Crippen LogP contribution in [0.3, 0.4) is 0 Å². The molecule has 0 spiro atoms. The summed E-state index contributed by atoms with van der Waals surface area (Å²) in [6.45, 7) is 4.00. The van der Waals surface area contributed by atoms with Crippen molar-refractivity contribution < 1.29 is 22.7 Å². The summed E-state index contributed by atoms with van der Waals surface area (Å²) in [6.07, 6.45) is 6.47. The highest BCUT2D eigenvalue weighted by molar-refractivity contribution is 7.92. The number of unbranched alkanes of at least 4 members (excludes halogenated alkanes) is 5. The van der Waals surface area contributed by atoms with Crippen LogP contribution < -0.4 is 4.74 Å². The van der Waals surface area contributed by atoms with Gasteiger partial charge in [-0.25, -0.2) is 8.42 Å². The van der Waals surface area contributed by atoms with E-state index in [-0.39, 0.29) is 11.5 Å². The van der Waals surface area contributed by atoms with Crippen molar-refractivity contribution in [2.24, 2.45) is 0 Å². The molecule has 0 N–H and O–H groups in total. The van der Waals surface area contributed by atoms with Crippen LogP contribution in [0, 0.1) is 0 Å². The third-order valence-corrected chi connectivity index (χ3v) is 6.24. The van der Waals surface area contributed by atoms with Crippen molar-refractivity contribution in [2.45, 2.75) is 68.9 Å². The Kier molecular flexibility index (Phi) is 9.57. The molecule has 25 heavy (non-hydrogen) atoms. The zero-order valence-electron chi connectivity index (χ0n) is 15.5. The van der Waals surface area contributed by atoms with Crippen molar-refractivity contribution in [1.29, 1.82) is 0 Å². The quantitative estimate of drug-likeness (QED) is 0.408. The fourth-order valence-corrected chi connectivity index (χ4v) is 4.32. The first-order valence-electron chi connectivity index (χ1n) is 9.01. The lowest BCUT2D eigenvalue weighted by molar-refractivity contribution is -0.142. The summed E-state index contributed by atoms with van der Waals surface area (Å²) in [6, 6.07) is 6.11. The number of carbonyl (C=O) groups is 1. The fourth-order valence-electron chi connectivity index (χ4n) is 2.67. The van der Waals surface area contributed by atoms with Gasteiger partial charge in [0.1, 0.15) is 5.75 Å². The first-order chi connectivity index (χ1) is 12.0. The normalized spacial score (nSPS) is 12.6. The molecule has 0 saturated carbocycles. The van der Waals surface area contributed by atoms with Gasteiger partial charge in [-0.3, -0.25) is 4.79 Å². The summed E-state index contributed by atoms with van der Waals surface area (Å²) in [5.41, 5.74) is 0. The molecule has 142 valence electrons. The minimum absolute atomic E-state index is 0.123. The number of esters is 1. The minimum Gasteiger partial charge on any atom is -0.497 e. The Morgan fingerprint density at radius 2 is 1.60 bits per heavy atom. The molecule has 0 fully saturated rings. The molecule has 0 aromatic heterocycles. The number of hydrogen-bond acceptors (Lipinski definition) is 5. The highest BCUT2D eigenvalue weighted by atomic mass is 32.2. The Labute approximate surface area is 151 Å². The molecule has 0 heterocycles. The molecule has 0 amide bonds. The van der Waals surface area contributed by atoms with E-state index in [2.05, 4.69) is 6.92 Å². The van der Waals surface area contributed by atoms with Crippen LogP contribution in [0.25, 0.3) is 0 Å². The van der Waals surface area contributed by atoms with Crippen molar-refractivity contribution in [3.8, 4) is 5.75 Å². The Bertz CT molecular complexity index is 607. The van der Waals surface area contributed by atoms with Crippen molar-refractivity contribution in [2.75, 3.05) is 13.7 Å². The summed E-state index contributed by atoms with van der Waals surface area (Å²) in [5, 5.41) is -1.15. The second-order valence-electron chi connectivity index (χ2n) is 6.02. The molecule has 0 bridgehead atoms. The smallest absolute Gasteiger partial charge is 0.324 e. The lowest BCUT2D eigenvalue weighted by atomic mass is 10.1. The molecule has 0 radical (unpaired) electrons. The lowest BCUT2D eigenvalue weighted by Crippen LogP contribution is -2.32. The van der Waals surface area contributed by atoms with Gasteiger partial charge in [0, 0.05) is 0 Å². The topological polar surface area (TPSA) is 69.7 Å². The van der Waals surface area contributed by atoms with Crippen LogP contribution in [0.15, 0.2) is 29.2 Å². The van der Waals surface area contributed by atoms with E-state index in [1.807, 2.05) is 0 Å². The van der Waals surface area contributed by atoms with Gasteiger partial charge in [-0.15, -0.1) is 0 Å². The van der Waals surface area contributed by atoms with Crippen LogP contribution in [0.1, 0.15) is 58.8 Å². The summed E-state index contributed by atoms with van der Waals surface area (Å²) in [4.78, 5) is 12.3. The number of sulfone groups is 1. The van der Waals surface area contributed by atoms with Gasteiger partial charge in [-0.05, 0) is 37.6 Å². The zero-order valence-corrected chi connectivity index (χ0v) is 16.3. The summed E-state index contributed by atoms with van der Waals surface area (Å²) in [5.74, 6) is -0.0885. The molecule has 0 unspecified atom stereocenters. The van der Waals surface area contributed by atoms with E-state index in [1.54, 1.807) is 19.1 Å². The van der Waals surface area contributed by atoms with E-state index < -0.39 is 21.1 Å². The zero-order chi connectivity index (χ0) is 18.7. The number of benzene rings is 1. The molecule has 1 aromatic carbocycles. The predicted octanol–water partition coefficient (Wildman–Crippen LogP) is 4.15. The second-order valence-corrected chi connectivity index (χ2v) is 8.15. The molecule has 1 atom stereocenters. The first kappa shape index (κ1) is 21.5. The third-order valence-electron chi connectivity index (χ3n) is 4.13. The van der Waals surface area contributed by atoms with Gasteiger partial charge in [-0.2, -0.15) is 0 Å². The maximum Gasteiger partial charge on any atom is 0.324 e. The summed E-state index contributed by atoms with van der Waals surface area (Å²) >= 11 is 0. The van der Waals surface area contributed by atoms with Gasteiger partial charge in [0.15, 0.2) is 15.1 Å². The molecule has 0 saturated heterocycles. The van der Waals surface area contributed by atoms with E-state index in [0.29, 0.717) is 18.6 Å². The molecule has 1 rings (SSSR count). The Morgan fingerprint density at radius 1 is 1.00 bits per heavy atom. The largest absolute Gasteiger partial charge is 0.497 e. The predicted molar refractivity (Wildman–Crippen MR) is 98.6 cm³/mol. The first-order valence-corrected chi connectivity index (χ1v) is 10.6. The van der Waals surface area contributed by atoms with Crippen LogP contribution in [0.2, 0.25) is 0 Å². The van der Waals surface area contributed by atoms with E-state index in [1.165, 1.54) is 25.7 Å². The SMILES string of the molecule is CCCCCCCC[C@H](C(=O)OCC)S(=O)(=O)c1ccc(OC)cc1. The van der Waals surface area contributed by atoms with Crippen molar-refractivity contribution in [3.05, 3.63) is 24.3 Å². The van der Waals surface area contributed by atoms with E-state index in [4.69, 9.17) is 9.47 Å². The van der Waals surface area contributed by atoms with Crippen LogP contribution in [0.5, 0.6) is 5.75 Å². The maximum absolute atomic E-state index is 12.9. The standard InChI is InChI=1S/C19H30O5S/c1-4-6-7-8-9-10-11-18(19(20)24-5-2)25(21,22)17-14-12-16(23-3)13-15-17/h12-15,18H,4-11H2,1-3H3/t18-/m1/s1. The van der Waals surface area contributed by atoms with Crippen LogP contribution in [-0.4, -0.2) is 33.4 Å². The molecule has 1 aromatic rings. The molecular formula is C19H30O5S. The monoisotopic (exact) mass is 370 g/mol. The number of carbonyl (C=O) groups excluding carboxylic acids is 1. The molecule has 0 aliphatic heterocycles. The van der Waals surface area contributed by atoms with Crippen LogP contribution in [-0.2, 0) is 19.4 Å². The Balaban J connectivity index is 2.83. The number of methoxy groups -OCH3 is 1. The average molecular weight is 371 g/mol. The molecular weight excluding hydrogens is 340 g/mol. The maximum atomic E-state index is 12.9. The van der Waals surface area contributed by atoms with E-state index in [0.717, 1.165) is 25.7 Å². The number of ether oxygens (including phenoxy) is 2. The lowest BCUT2D eigenvalue weighted by Gasteiger charge is -2.16. The number of hydrogen-bond donors (Lipinski definition) is 0. The Morgan fingerprint density at radius 3 is 2.16 bits per heavy atom. The minimum atomic E-state index is -3.77. The van der Waals surface area contributed by atoms with Crippen molar-refractivity contribution >= 4 is 15.8 Å². The van der Waals surface area contributed by atoms with Crippen LogP contribution >= 0.6 is 0 Å². The molecule has 6 heteroatoms. The van der Waals surface area contributed by atoms with Gasteiger partial charge in [-0.1, -0.05) is 45.4 Å². The fraction of sp³-hybridized carbons (Fsp3) is 0.632. The Hall–Kier alpha value is -1.56. The van der Waals surface area contributed by atoms with Gasteiger partial charge in [0.25, 0.3) is 0 Å².